The first-order chi connectivity index (χ1) is 17.9. The predicted octanol–water partition coefficient (Wildman–Crippen LogP) is 2.52. The maximum absolute atomic E-state index is 13.9. The van der Waals surface area contributed by atoms with Gasteiger partial charge in [0.25, 0.3) is 0 Å². The molecule has 37 heavy (non-hydrogen) atoms. The lowest BCUT2D eigenvalue weighted by atomic mass is 9.74. The summed E-state index contributed by atoms with van der Waals surface area (Å²) in [6, 6.07) is 6.33. The number of carbonyl (C=O) groups is 3. The lowest BCUT2D eigenvalue weighted by Crippen LogP contribution is -2.57. The van der Waals surface area contributed by atoms with Crippen molar-refractivity contribution < 1.29 is 28.6 Å². The van der Waals surface area contributed by atoms with Gasteiger partial charge in [-0.1, -0.05) is 38.0 Å². The summed E-state index contributed by atoms with van der Waals surface area (Å²) in [4.78, 5) is 42.9. The lowest BCUT2D eigenvalue weighted by molar-refractivity contribution is -0.141. The second-order valence-electron chi connectivity index (χ2n) is 10.7. The van der Waals surface area contributed by atoms with Crippen LogP contribution in [0.5, 0.6) is 5.75 Å². The molecule has 1 aliphatic carbocycles. The first kappa shape index (κ1) is 25.7. The molecule has 2 saturated heterocycles. The first-order valence-electron chi connectivity index (χ1n) is 13.3. The van der Waals surface area contributed by atoms with E-state index in [1.165, 1.54) is 6.42 Å². The Hall–Kier alpha value is -2.91. The zero-order chi connectivity index (χ0) is 26.2. The van der Waals surface area contributed by atoms with Crippen molar-refractivity contribution in [3.8, 4) is 5.75 Å². The van der Waals surface area contributed by atoms with Gasteiger partial charge in [0.2, 0.25) is 17.7 Å². The summed E-state index contributed by atoms with van der Waals surface area (Å²) in [7, 11) is 3.17. The molecule has 3 heterocycles. The standard InChI is InChI=1S/C28H37N3O6/c1-17-8-4-5-11-20(17)30-26(33)24-28-13-12-21(37-28)22(23(28)27(34)31(24)14-7-15-35-2)25(32)29-18-9-6-10-19(16-18)36-3/h6,9-10,12-13,16-17,20-24H,4-5,7-8,11,14-15H2,1-3H3,(H,29,32)(H,30,33)/t17?,20?,21-,22?,23-,24?,28?/m1/s1. The highest BCUT2D eigenvalue weighted by molar-refractivity contribution is 6.02. The fraction of sp³-hybridized carbons (Fsp3) is 0.607. The van der Waals surface area contributed by atoms with Crippen LogP contribution >= 0.6 is 0 Å². The van der Waals surface area contributed by atoms with Gasteiger partial charge >= 0.3 is 0 Å². The van der Waals surface area contributed by atoms with Gasteiger partial charge in [0.05, 0.1) is 25.0 Å². The molecule has 2 bridgehead atoms. The monoisotopic (exact) mass is 511 g/mol. The SMILES string of the molecule is COCCCN1C(=O)[C@H]2C(C(=O)Nc3cccc(OC)c3)[C@H]3C=CC2(O3)C1C(=O)NC1CCCCC1C. The maximum atomic E-state index is 13.9. The lowest BCUT2D eigenvalue weighted by Gasteiger charge is -2.36. The summed E-state index contributed by atoms with van der Waals surface area (Å²) in [5, 5.41) is 6.18. The van der Waals surface area contributed by atoms with Crippen LogP contribution in [0.15, 0.2) is 36.4 Å². The van der Waals surface area contributed by atoms with Crippen molar-refractivity contribution in [1.82, 2.24) is 10.2 Å². The van der Waals surface area contributed by atoms with E-state index in [1.54, 1.807) is 43.4 Å². The van der Waals surface area contributed by atoms with E-state index >= 15 is 0 Å². The molecule has 7 atom stereocenters. The molecule has 3 amide bonds. The number of nitrogens with one attached hydrogen (secondary N) is 2. The summed E-state index contributed by atoms with van der Waals surface area (Å²) < 4.78 is 16.9. The molecule has 0 radical (unpaired) electrons. The summed E-state index contributed by atoms with van der Waals surface area (Å²) in [6.07, 6.45) is 7.95. The van der Waals surface area contributed by atoms with Crippen molar-refractivity contribution in [3.05, 3.63) is 36.4 Å². The minimum atomic E-state index is -1.16. The van der Waals surface area contributed by atoms with Crippen LogP contribution in [0.2, 0.25) is 0 Å². The minimum absolute atomic E-state index is 0.0716. The molecule has 4 aliphatic rings. The largest absolute Gasteiger partial charge is 0.497 e. The molecular formula is C28H37N3O6. The average Bonchev–Trinajstić information content (AvgIpc) is 3.53. The number of anilines is 1. The van der Waals surface area contributed by atoms with E-state index in [-0.39, 0.29) is 23.8 Å². The van der Waals surface area contributed by atoms with Crippen LogP contribution in [0.3, 0.4) is 0 Å². The third-order valence-corrected chi connectivity index (χ3v) is 8.45. The van der Waals surface area contributed by atoms with Crippen LogP contribution in [0.1, 0.15) is 39.0 Å². The third kappa shape index (κ3) is 4.52. The highest BCUT2D eigenvalue weighted by Gasteiger charge is 2.72. The second kappa shape index (κ2) is 10.5. The number of fused-ring (bicyclic) bond motifs is 1. The molecule has 0 aromatic heterocycles. The van der Waals surface area contributed by atoms with Crippen LogP contribution in [0.25, 0.3) is 0 Å². The number of rotatable bonds is 9. The number of hydrogen-bond donors (Lipinski definition) is 2. The minimum Gasteiger partial charge on any atom is -0.497 e. The zero-order valence-corrected chi connectivity index (χ0v) is 21.8. The van der Waals surface area contributed by atoms with Gasteiger partial charge in [-0.25, -0.2) is 0 Å². The smallest absolute Gasteiger partial charge is 0.246 e. The summed E-state index contributed by atoms with van der Waals surface area (Å²) in [5.74, 6) is -1.23. The summed E-state index contributed by atoms with van der Waals surface area (Å²) in [5.41, 5.74) is -0.583. The number of likely N-dealkylation sites (tertiary alicyclic amines) is 1. The number of amides is 3. The van der Waals surface area contributed by atoms with Gasteiger partial charge < -0.3 is 29.7 Å². The number of carbonyl (C=O) groups excluding carboxylic acids is 3. The fourth-order valence-corrected chi connectivity index (χ4v) is 6.61. The van der Waals surface area contributed by atoms with Crippen LogP contribution in [0, 0.1) is 17.8 Å². The van der Waals surface area contributed by atoms with Gasteiger partial charge in [-0.05, 0) is 37.3 Å². The van der Waals surface area contributed by atoms with E-state index in [1.807, 2.05) is 12.2 Å². The van der Waals surface area contributed by atoms with Gasteiger partial charge in [0.1, 0.15) is 17.4 Å². The number of nitrogens with zero attached hydrogens (tertiary/aromatic N) is 1. The number of ether oxygens (including phenoxy) is 3. The van der Waals surface area contributed by atoms with E-state index in [0.717, 1.165) is 19.3 Å². The van der Waals surface area contributed by atoms with Crippen molar-refractivity contribution >= 4 is 23.4 Å². The molecule has 5 unspecified atom stereocenters. The summed E-state index contributed by atoms with van der Waals surface area (Å²) >= 11 is 0. The first-order valence-corrected chi connectivity index (χ1v) is 13.3. The average molecular weight is 512 g/mol. The molecule has 1 saturated carbocycles. The highest BCUT2D eigenvalue weighted by Crippen LogP contribution is 2.55. The topological polar surface area (TPSA) is 106 Å². The number of hydrogen-bond acceptors (Lipinski definition) is 6. The molecule has 1 spiro atoms. The van der Waals surface area contributed by atoms with Gasteiger partial charge in [-0.2, -0.15) is 0 Å². The Kier molecular flexibility index (Phi) is 7.27. The van der Waals surface area contributed by atoms with Gasteiger partial charge in [0.15, 0.2) is 0 Å². The fourth-order valence-electron chi connectivity index (χ4n) is 6.61. The van der Waals surface area contributed by atoms with Crippen LogP contribution < -0.4 is 15.4 Å². The molecule has 5 rings (SSSR count). The number of methoxy groups -OCH3 is 2. The maximum Gasteiger partial charge on any atom is 0.246 e. The zero-order valence-electron chi connectivity index (χ0n) is 21.8. The molecule has 1 aromatic carbocycles. The van der Waals surface area contributed by atoms with Crippen molar-refractivity contribution in [1.29, 1.82) is 0 Å². The Labute approximate surface area is 217 Å². The normalized spacial score (nSPS) is 33.9. The van der Waals surface area contributed by atoms with Crippen LogP contribution in [0.4, 0.5) is 5.69 Å². The third-order valence-electron chi connectivity index (χ3n) is 8.45. The molecule has 1 aromatic rings. The molecule has 9 nitrogen and oxygen atoms in total. The Morgan fingerprint density at radius 2 is 2.00 bits per heavy atom. The van der Waals surface area contributed by atoms with Gasteiger partial charge in [0, 0.05) is 38.1 Å². The van der Waals surface area contributed by atoms with Gasteiger partial charge in [-0.15, -0.1) is 0 Å². The Morgan fingerprint density at radius 3 is 2.76 bits per heavy atom. The molecule has 200 valence electrons. The van der Waals surface area contributed by atoms with E-state index in [2.05, 4.69) is 17.6 Å². The Balaban J connectivity index is 1.42. The summed E-state index contributed by atoms with van der Waals surface area (Å²) in [6.45, 7) is 2.99. The van der Waals surface area contributed by atoms with Crippen molar-refractivity contribution in [3.63, 3.8) is 0 Å². The Morgan fingerprint density at radius 1 is 1.19 bits per heavy atom. The second-order valence-corrected chi connectivity index (χ2v) is 10.7. The van der Waals surface area contributed by atoms with Crippen LogP contribution in [-0.2, 0) is 23.9 Å². The van der Waals surface area contributed by atoms with Crippen LogP contribution in [-0.4, -0.2) is 73.8 Å². The van der Waals surface area contributed by atoms with E-state index in [9.17, 15) is 14.4 Å². The number of benzene rings is 1. The molecular weight excluding hydrogens is 474 g/mol. The van der Waals surface area contributed by atoms with E-state index in [0.29, 0.717) is 36.9 Å². The quantitative estimate of drug-likeness (QED) is 0.390. The van der Waals surface area contributed by atoms with Crippen molar-refractivity contribution in [2.45, 2.75) is 62.8 Å². The molecule has 3 aliphatic heterocycles. The molecule has 3 fully saturated rings. The van der Waals surface area contributed by atoms with E-state index < -0.39 is 29.6 Å². The van der Waals surface area contributed by atoms with E-state index in [4.69, 9.17) is 14.2 Å². The highest BCUT2D eigenvalue weighted by atomic mass is 16.5. The Bertz CT molecular complexity index is 1080. The van der Waals surface area contributed by atoms with Crippen molar-refractivity contribution in [2.24, 2.45) is 17.8 Å². The molecule has 2 N–H and O–H groups in total. The predicted molar refractivity (Wildman–Crippen MR) is 137 cm³/mol. The van der Waals surface area contributed by atoms with Gasteiger partial charge in [-0.3, -0.25) is 14.4 Å². The van der Waals surface area contributed by atoms with Crippen molar-refractivity contribution in [2.75, 3.05) is 32.7 Å². The molecule has 9 heteroatoms.